The molecule has 2 aromatic rings. The van der Waals surface area contributed by atoms with E-state index in [1.807, 2.05) is 37.5 Å². The number of guanidine groups is 1. The summed E-state index contributed by atoms with van der Waals surface area (Å²) in [5, 5.41) is 17.1. The van der Waals surface area contributed by atoms with E-state index < -0.39 is 6.10 Å². The number of nitrogens with one attached hydrogen (secondary N) is 2. The number of nitrogens with zero attached hydrogens (tertiary/aromatic N) is 2. The van der Waals surface area contributed by atoms with Crippen LogP contribution in [-0.2, 0) is 11.8 Å². The molecule has 0 saturated heterocycles. The highest BCUT2D eigenvalue weighted by Gasteiger charge is 2.14. The minimum absolute atomic E-state index is 0. The van der Waals surface area contributed by atoms with E-state index in [1.54, 1.807) is 0 Å². The predicted octanol–water partition coefficient (Wildman–Crippen LogP) is 4.14. The number of aliphatic hydroxyl groups is 1. The van der Waals surface area contributed by atoms with E-state index in [0.717, 1.165) is 31.0 Å². The molecular weight excluding hydrogens is 475 g/mol. The lowest BCUT2D eigenvalue weighted by atomic mass is 9.86. The Balaban J connectivity index is 0.00000420. The van der Waals surface area contributed by atoms with Gasteiger partial charge >= 0.3 is 0 Å². The molecule has 0 aliphatic heterocycles. The largest absolute Gasteiger partial charge is 0.386 e. The summed E-state index contributed by atoms with van der Waals surface area (Å²) in [5.41, 5.74) is 4.72. The van der Waals surface area contributed by atoms with Crippen LogP contribution in [0, 0.1) is 6.92 Å². The molecule has 0 radical (unpaired) electrons. The van der Waals surface area contributed by atoms with Crippen LogP contribution in [0.2, 0.25) is 0 Å². The van der Waals surface area contributed by atoms with E-state index in [-0.39, 0.29) is 29.4 Å². The van der Waals surface area contributed by atoms with Crippen LogP contribution in [0.3, 0.4) is 0 Å². The van der Waals surface area contributed by atoms with Gasteiger partial charge in [-0.2, -0.15) is 0 Å². The summed E-state index contributed by atoms with van der Waals surface area (Å²) in [7, 11) is 0. The molecule has 0 aliphatic rings. The molecule has 2 rings (SSSR count). The first-order chi connectivity index (χ1) is 13.3. The minimum atomic E-state index is -0.619. The highest BCUT2D eigenvalue weighted by atomic mass is 127. The number of aliphatic hydroxyl groups excluding tert-OH is 1. The molecule has 0 fully saturated rings. The predicted molar refractivity (Wildman–Crippen MR) is 132 cm³/mol. The SMILES string of the molecule is CCNC(=NCC(O)c1ccc(C(C)(C)C)cc1)NCCc1ccncc1C.I. The number of rotatable bonds is 7. The third-order valence-electron chi connectivity index (χ3n) is 4.75. The maximum atomic E-state index is 10.5. The van der Waals surface area contributed by atoms with E-state index in [9.17, 15) is 5.11 Å². The Labute approximate surface area is 192 Å². The molecule has 1 aromatic heterocycles. The number of aromatic nitrogens is 1. The first kappa shape index (κ1) is 25.4. The van der Waals surface area contributed by atoms with Gasteiger partial charge in [-0.3, -0.25) is 9.98 Å². The van der Waals surface area contributed by atoms with Crippen LogP contribution in [0.4, 0.5) is 0 Å². The molecule has 0 amide bonds. The van der Waals surface area contributed by atoms with E-state index in [4.69, 9.17) is 0 Å². The number of aryl methyl sites for hydroxylation is 1. The first-order valence-corrected chi connectivity index (χ1v) is 10.0. The Morgan fingerprint density at radius 3 is 2.41 bits per heavy atom. The molecular formula is C23H35IN4O. The number of benzene rings is 1. The molecule has 0 spiro atoms. The van der Waals surface area contributed by atoms with Gasteiger partial charge in [0.2, 0.25) is 0 Å². The Kier molecular flexibility index (Phi) is 10.6. The lowest BCUT2D eigenvalue weighted by Crippen LogP contribution is -2.38. The van der Waals surface area contributed by atoms with Crippen molar-refractivity contribution in [1.82, 2.24) is 15.6 Å². The summed E-state index contributed by atoms with van der Waals surface area (Å²) >= 11 is 0. The quantitative estimate of drug-likeness (QED) is 0.298. The number of halogens is 1. The number of hydrogen-bond donors (Lipinski definition) is 3. The maximum absolute atomic E-state index is 10.5. The van der Waals surface area contributed by atoms with Crippen molar-refractivity contribution in [1.29, 1.82) is 0 Å². The summed E-state index contributed by atoms with van der Waals surface area (Å²) < 4.78 is 0. The van der Waals surface area contributed by atoms with Gasteiger partial charge in [0, 0.05) is 25.5 Å². The summed E-state index contributed by atoms with van der Waals surface area (Å²) in [6.07, 6.45) is 3.99. The Morgan fingerprint density at radius 1 is 1.14 bits per heavy atom. The molecule has 1 heterocycles. The smallest absolute Gasteiger partial charge is 0.191 e. The van der Waals surface area contributed by atoms with Crippen molar-refractivity contribution in [3.8, 4) is 0 Å². The lowest BCUT2D eigenvalue weighted by Gasteiger charge is -2.20. The number of pyridine rings is 1. The van der Waals surface area contributed by atoms with Crippen LogP contribution < -0.4 is 10.6 Å². The molecule has 0 bridgehead atoms. The second-order valence-corrected chi connectivity index (χ2v) is 8.09. The van der Waals surface area contributed by atoms with Gasteiger partial charge < -0.3 is 15.7 Å². The van der Waals surface area contributed by atoms with Crippen LogP contribution in [0.1, 0.15) is 56.1 Å². The monoisotopic (exact) mass is 510 g/mol. The molecule has 5 nitrogen and oxygen atoms in total. The van der Waals surface area contributed by atoms with Gasteiger partial charge in [-0.25, -0.2) is 0 Å². The second kappa shape index (κ2) is 12.1. The average molecular weight is 510 g/mol. The van der Waals surface area contributed by atoms with Gasteiger partial charge in [0.15, 0.2) is 5.96 Å². The van der Waals surface area contributed by atoms with Gasteiger partial charge in [0.1, 0.15) is 0 Å². The van der Waals surface area contributed by atoms with Crippen molar-refractivity contribution in [2.75, 3.05) is 19.6 Å². The van der Waals surface area contributed by atoms with Gasteiger partial charge in [-0.05, 0) is 54.0 Å². The maximum Gasteiger partial charge on any atom is 0.191 e. The van der Waals surface area contributed by atoms with E-state index in [0.29, 0.717) is 6.54 Å². The topological polar surface area (TPSA) is 69.5 Å². The number of hydrogen-bond acceptors (Lipinski definition) is 3. The van der Waals surface area contributed by atoms with Crippen LogP contribution >= 0.6 is 24.0 Å². The summed E-state index contributed by atoms with van der Waals surface area (Å²) in [6.45, 7) is 12.5. The van der Waals surface area contributed by atoms with Crippen molar-refractivity contribution in [2.45, 2.75) is 52.6 Å². The van der Waals surface area contributed by atoms with Crippen LogP contribution in [-0.4, -0.2) is 35.7 Å². The van der Waals surface area contributed by atoms with E-state index in [1.165, 1.54) is 16.7 Å². The van der Waals surface area contributed by atoms with Crippen LogP contribution in [0.25, 0.3) is 0 Å². The molecule has 1 aromatic carbocycles. The van der Waals surface area contributed by atoms with Crippen molar-refractivity contribution in [3.63, 3.8) is 0 Å². The van der Waals surface area contributed by atoms with Gasteiger partial charge in [-0.1, -0.05) is 45.0 Å². The van der Waals surface area contributed by atoms with Crippen molar-refractivity contribution >= 4 is 29.9 Å². The molecule has 6 heteroatoms. The van der Waals surface area contributed by atoms with Gasteiger partial charge in [0.25, 0.3) is 0 Å². The number of aliphatic imine (C=N–C) groups is 1. The van der Waals surface area contributed by atoms with E-state index in [2.05, 4.69) is 60.4 Å². The van der Waals surface area contributed by atoms with Gasteiger partial charge in [-0.15, -0.1) is 24.0 Å². The molecule has 29 heavy (non-hydrogen) atoms. The third kappa shape index (κ3) is 8.30. The fourth-order valence-corrected chi connectivity index (χ4v) is 2.93. The minimum Gasteiger partial charge on any atom is -0.386 e. The normalized spacial score (nSPS) is 12.8. The van der Waals surface area contributed by atoms with Crippen molar-refractivity contribution in [2.24, 2.45) is 4.99 Å². The zero-order valence-electron chi connectivity index (χ0n) is 18.2. The molecule has 1 atom stereocenters. The Bertz CT molecular complexity index is 769. The Hall–Kier alpha value is -1.67. The van der Waals surface area contributed by atoms with Crippen molar-refractivity contribution in [3.05, 3.63) is 65.0 Å². The van der Waals surface area contributed by atoms with Crippen LogP contribution in [0.15, 0.2) is 47.7 Å². The molecule has 160 valence electrons. The molecule has 3 N–H and O–H groups in total. The second-order valence-electron chi connectivity index (χ2n) is 8.09. The summed E-state index contributed by atoms with van der Waals surface area (Å²) in [4.78, 5) is 8.68. The molecule has 1 unspecified atom stereocenters. The first-order valence-electron chi connectivity index (χ1n) is 10.0. The zero-order chi connectivity index (χ0) is 20.6. The summed E-state index contributed by atoms with van der Waals surface area (Å²) in [5.74, 6) is 0.722. The standard InChI is InChI=1S/C23H34N4O.HI/c1-6-25-22(26-14-12-18-11-13-24-15-17(18)2)27-16-21(28)19-7-9-20(10-8-19)23(3,4)5;/h7-11,13,15,21,28H,6,12,14,16H2,1-5H3,(H2,25,26,27);1H. The highest BCUT2D eigenvalue weighted by Crippen LogP contribution is 2.24. The van der Waals surface area contributed by atoms with Crippen molar-refractivity contribution < 1.29 is 5.11 Å². The summed E-state index contributed by atoms with van der Waals surface area (Å²) in [6, 6.07) is 10.2. The highest BCUT2D eigenvalue weighted by molar-refractivity contribution is 14.0. The third-order valence-corrected chi connectivity index (χ3v) is 4.75. The molecule has 0 saturated carbocycles. The van der Waals surface area contributed by atoms with Gasteiger partial charge in [0.05, 0.1) is 12.6 Å². The zero-order valence-corrected chi connectivity index (χ0v) is 20.5. The lowest BCUT2D eigenvalue weighted by molar-refractivity contribution is 0.187. The van der Waals surface area contributed by atoms with Crippen LogP contribution in [0.5, 0.6) is 0 Å². The fourth-order valence-electron chi connectivity index (χ4n) is 2.93. The average Bonchev–Trinajstić information content (AvgIpc) is 2.66. The fraction of sp³-hybridized carbons (Fsp3) is 0.478. The molecule has 0 aliphatic carbocycles. The van der Waals surface area contributed by atoms with E-state index >= 15 is 0 Å². The Morgan fingerprint density at radius 2 is 1.83 bits per heavy atom.